The molecule has 0 radical (unpaired) electrons. The van der Waals surface area contributed by atoms with E-state index in [4.69, 9.17) is 9.47 Å². The monoisotopic (exact) mass is 290 g/mol. The molecule has 0 aliphatic heterocycles. The third-order valence-corrected chi connectivity index (χ3v) is 2.88. The maximum atomic E-state index is 11.8. The highest BCUT2D eigenvalue weighted by atomic mass is 16.6. The number of allylic oxidation sites excluding steroid dienone is 2. The lowest BCUT2D eigenvalue weighted by atomic mass is 10.0. The molecule has 21 heavy (non-hydrogen) atoms. The van der Waals surface area contributed by atoms with Crippen LogP contribution in [0.4, 0.5) is 0 Å². The van der Waals surface area contributed by atoms with Crippen LogP contribution in [0.2, 0.25) is 0 Å². The molecular weight excluding hydrogens is 268 g/mol. The summed E-state index contributed by atoms with van der Waals surface area (Å²) in [5, 5.41) is 0. The first-order chi connectivity index (χ1) is 10.2. The summed E-state index contributed by atoms with van der Waals surface area (Å²) in [6.45, 7) is 3.93. The van der Waals surface area contributed by atoms with Gasteiger partial charge in [0, 0.05) is 0 Å². The molecule has 114 valence electrons. The molecular formula is C17H22O4. The Morgan fingerprint density at radius 3 is 2.10 bits per heavy atom. The zero-order valence-electron chi connectivity index (χ0n) is 12.6. The van der Waals surface area contributed by atoms with Crippen molar-refractivity contribution < 1.29 is 19.1 Å². The number of hydrogen-bond acceptors (Lipinski definition) is 4. The highest BCUT2D eigenvalue weighted by Gasteiger charge is 2.27. The molecule has 0 bridgehead atoms. The van der Waals surface area contributed by atoms with Gasteiger partial charge in [-0.25, -0.2) is 0 Å². The Hall–Kier alpha value is -2.10. The Morgan fingerprint density at radius 1 is 1.00 bits per heavy atom. The van der Waals surface area contributed by atoms with Crippen LogP contribution in [0.15, 0.2) is 42.5 Å². The van der Waals surface area contributed by atoms with Crippen molar-refractivity contribution in [3.63, 3.8) is 0 Å². The van der Waals surface area contributed by atoms with Crippen LogP contribution in [-0.2, 0) is 25.5 Å². The molecule has 0 atom stereocenters. The van der Waals surface area contributed by atoms with Crippen LogP contribution < -0.4 is 0 Å². The van der Waals surface area contributed by atoms with E-state index in [0.717, 1.165) is 6.42 Å². The van der Waals surface area contributed by atoms with Gasteiger partial charge in [0.05, 0.1) is 13.2 Å². The minimum absolute atomic E-state index is 0.252. The molecule has 4 nitrogen and oxygen atoms in total. The summed E-state index contributed by atoms with van der Waals surface area (Å²) >= 11 is 0. The minimum atomic E-state index is -0.878. The normalized spacial score (nSPS) is 10.8. The topological polar surface area (TPSA) is 52.6 Å². The molecule has 1 rings (SSSR count). The first-order valence-corrected chi connectivity index (χ1v) is 7.21. The summed E-state index contributed by atoms with van der Waals surface area (Å²) in [4.78, 5) is 23.5. The lowest BCUT2D eigenvalue weighted by molar-refractivity contribution is -0.161. The zero-order chi connectivity index (χ0) is 15.5. The second-order valence-corrected chi connectivity index (χ2v) is 4.45. The van der Waals surface area contributed by atoms with Gasteiger partial charge < -0.3 is 9.47 Å². The maximum absolute atomic E-state index is 11.8. The number of esters is 2. The van der Waals surface area contributed by atoms with Crippen LogP contribution in [0.1, 0.15) is 25.8 Å². The van der Waals surface area contributed by atoms with Gasteiger partial charge in [0.2, 0.25) is 0 Å². The highest BCUT2D eigenvalue weighted by molar-refractivity contribution is 5.95. The first kappa shape index (κ1) is 17.0. The van der Waals surface area contributed by atoms with Crippen LogP contribution >= 0.6 is 0 Å². The number of carbonyl (C=O) groups excluding carboxylic acids is 2. The molecule has 0 aliphatic carbocycles. The van der Waals surface area contributed by atoms with Crippen molar-refractivity contribution in [2.45, 2.75) is 26.7 Å². The lowest BCUT2D eigenvalue weighted by Crippen LogP contribution is -2.27. The molecule has 0 fully saturated rings. The number of hydrogen-bond donors (Lipinski definition) is 0. The van der Waals surface area contributed by atoms with E-state index in [1.165, 1.54) is 5.56 Å². The van der Waals surface area contributed by atoms with E-state index >= 15 is 0 Å². The third kappa shape index (κ3) is 6.25. The summed E-state index contributed by atoms with van der Waals surface area (Å²) in [6.07, 6.45) is 4.83. The van der Waals surface area contributed by atoms with Gasteiger partial charge >= 0.3 is 11.9 Å². The Labute approximate surface area is 125 Å². The van der Waals surface area contributed by atoms with Crippen LogP contribution in [0.5, 0.6) is 0 Å². The third-order valence-electron chi connectivity index (χ3n) is 2.88. The Bertz CT molecular complexity index is 447. The summed E-state index contributed by atoms with van der Waals surface area (Å²) in [5.74, 6) is -1.93. The first-order valence-electron chi connectivity index (χ1n) is 7.21. The smallest absolute Gasteiger partial charge is 0.320 e. The molecule has 1 aromatic rings. The van der Waals surface area contributed by atoms with Crippen LogP contribution in [0.3, 0.4) is 0 Å². The molecule has 0 saturated carbocycles. The van der Waals surface area contributed by atoms with Crippen molar-refractivity contribution in [2.24, 2.45) is 5.92 Å². The van der Waals surface area contributed by atoms with Crippen molar-refractivity contribution in [3.05, 3.63) is 48.0 Å². The van der Waals surface area contributed by atoms with Gasteiger partial charge in [0.1, 0.15) is 0 Å². The van der Waals surface area contributed by atoms with Gasteiger partial charge in [-0.2, -0.15) is 0 Å². The van der Waals surface area contributed by atoms with E-state index in [0.29, 0.717) is 6.42 Å². The van der Waals surface area contributed by atoms with Crippen LogP contribution in [0.25, 0.3) is 0 Å². The van der Waals surface area contributed by atoms with Gasteiger partial charge in [-0.15, -0.1) is 0 Å². The molecule has 0 spiro atoms. The van der Waals surface area contributed by atoms with E-state index in [1.54, 1.807) is 13.8 Å². The van der Waals surface area contributed by atoms with E-state index in [1.807, 2.05) is 42.5 Å². The van der Waals surface area contributed by atoms with Crippen LogP contribution in [0, 0.1) is 5.92 Å². The van der Waals surface area contributed by atoms with Crippen molar-refractivity contribution >= 4 is 11.9 Å². The predicted octanol–water partition coefficient (Wildman–Crippen LogP) is 2.92. The maximum Gasteiger partial charge on any atom is 0.320 e. The number of benzene rings is 1. The number of carbonyl (C=O) groups is 2. The van der Waals surface area contributed by atoms with Crippen molar-refractivity contribution in [1.29, 1.82) is 0 Å². The molecule has 1 aromatic carbocycles. The second-order valence-electron chi connectivity index (χ2n) is 4.45. The summed E-state index contributed by atoms with van der Waals surface area (Å²) < 4.78 is 9.83. The quantitative estimate of drug-likeness (QED) is 0.419. The predicted molar refractivity (Wildman–Crippen MR) is 80.7 cm³/mol. The van der Waals surface area contributed by atoms with Gasteiger partial charge in [-0.3, -0.25) is 9.59 Å². The lowest BCUT2D eigenvalue weighted by Gasteiger charge is -2.12. The average molecular weight is 290 g/mol. The van der Waals surface area contributed by atoms with E-state index in [2.05, 4.69) is 0 Å². The Balaban J connectivity index is 2.55. The van der Waals surface area contributed by atoms with Crippen LogP contribution in [-0.4, -0.2) is 25.2 Å². The van der Waals surface area contributed by atoms with Gasteiger partial charge in [0.25, 0.3) is 0 Å². The summed E-state index contributed by atoms with van der Waals surface area (Å²) in [7, 11) is 0. The average Bonchev–Trinajstić information content (AvgIpc) is 2.48. The number of rotatable bonds is 8. The SMILES string of the molecule is CCOC(=O)C(C/C=C/Cc1ccccc1)C(=O)OCC. The largest absolute Gasteiger partial charge is 0.465 e. The van der Waals surface area contributed by atoms with E-state index < -0.39 is 17.9 Å². The standard InChI is InChI=1S/C17H22O4/c1-3-20-16(18)15(17(19)21-4-2)13-9-8-12-14-10-6-5-7-11-14/h5-11,15H,3-4,12-13H2,1-2H3/b9-8+. The molecule has 0 aliphatic rings. The van der Waals surface area contributed by atoms with Crippen molar-refractivity contribution in [1.82, 2.24) is 0 Å². The fourth-order valence-electron chi connectivity index (χ4n) is 1.84. The molecule has 0 aromatic heterocycles. The van der Waals surface area contributed by atoms with E-state index in [9.17, 15) is 9.59 Å². The second kappa shape index (κ2) is 9.75. The molecule has 4 heteroatoms. The molecule has 0 amide bonds. The summed E-state index contributed by atoms with van der Waals surface area (Å²) in [6, 6.07) is 9.97. The molecule has 0 saturated heterocycles. The van der Waals surface area contributed by atoms with Crippen molar-refractivity contribution in [3.8, 4) is 0 Å². The fraction of sp³-hybridized carbons (Fsp3) is 0.412. The summed E-state index contributed by atoms with van der Waals surface area (Å²) in [5.41, 5.74) is 1.18. The molecule has 0 heterocycles. The van der Waals surface area contributed by atoms with Crippen molar-refractivity contribution in [2.75, 3.05) is 13.2 Å². The highest BCUT2D eigenvalue weighted by Crippen LogP contribution is 2.11. The Kier molecular flexibility index (Phi) is 7.87. The van der Waals surface area contributed by atoms with Gasteiger partial charge in [-0.1, -0.05) is 42.5 Å². The fourth-order valence-corrected chi connectivity index (χ4v) is 1.84. The van der Waals surface area contributed by atoms with Gasteiger partial charge in [-0.05, 0) is 32.3 Å². The molecule has 0 unspecified atom stereocenters. The zero-order valence-corrected chi connectivity index (χ0v) is 12.6. The molecule has 0 N–H and O–H groups in total. The van der Waals surface area contributed by atoms with Gasteiger partial charge in [0.15, 0.2) is 5.92 Å². The minimum Gasteiger partial charge on any atom is -0.465 e. The van der Waals surface area contributed by atoms with E-state index in [-0.39, 0.29) is 13.2 Å². The Morgan fingerprint density at radius 2 is 1.57 bits per heavy atom. The number of ether oxygens (including phenoxy) is 2.